The monoisotopic (exact) mass is 341 g/mol. The van der Waals surface area contributed by atoms with E-state index in [1.165, 1.54) is 18.9 Å². The average Bonchev–Trinajstić information content (AvgIpc) is 2.94. The normalized spacial score (nSPS) is 20.2. The minimum absolute atomic E-state index is 0.00314. The molecule has 5 heteroatoms. The lowest BCUT2D eigenvalue weighted by molar-refractivity contribution is -0.141. The fourth-order valence-electron chi connectivity index (χ4n) is 2.97. The van der Waals surface area contributed by atoms with Crippen LogP contribution in [0.4, 0.5) is 5.69 Å². The first-order valence-electron chi connectivity index (χ1n) is 7.73. The van der Waals surface area contributed by atoms with Crippen LogP contribution in [-0.2, 0) is 19.2 Å². The first kappa shape index (κ1) is 16.6. The van der Waals surface area contributed by atoms with E-state index in [2.05, 4.69) is 0 Å². The smallest absolute Gasteiger partial charge is 0.309 e. The van der Waals surface area contributed by atoms with Gasteiger partial charge in [-0.15, -0.1) is 11.8 Å². The first-order chi connectivity index (χ1) is 11.6. The molecule has 124 valence electrons. The van der Waals surface area contributed by atoms with Crippen molar-refractivity contribution in [2.75, 3.05) is 17.8 Å². The summed E-state index contributed by atoms with van der Waals surface area (Å²) in [5.74, 6) is -0.00507. The van der Waals surface area contributed by atoms with Crippen molar-refractivity contribution in [1.29, 1.82) is 0 Å². The zero-order valence-electron chi connectivity index (χ0n) is 13.7. The van der Waals surface area contributed by atoms with Crippen LogP contribution in [0.15, 0.2) is 54.6 Å². The van der Waals surface area contributed by atoms with Crippen molar-refractivity contribution >= 4 is 29.3 Å². The number of methoxy groups -OCH3 is 1. The number of rotatable bonds is 4. The van der Waals surface area contributed by atoms with Gasteiger partial charge in [0, 0.05) is 5.69 Å². The maximum absolute atomic E-state index is 12.7. The van der Waals surface area contributed by atoms with Crippen molar-refractivity contribution in [3.05, 3.63) is 65.7 Å². The number of thioether (sulfide) groups is 1. The fourth-order valence-corrected chi connectivity index (χ4v) is 4.32. The van der Waals surface area contributed by atoms with Crippen molar-refractivity contribution < 1.29 is 14.3 Å². The van der Waals surface area contributed by atoms with Gasteiger partial charge < -0.3 is 4.74 Å². The molecule has 1 atom stereocenters. The zero-order chi connectivity index (χ0) is 17.2. The molecule has 0 spiro atoms. The number of carbonyl (C=O) groups excluding carboxylic acids is 2. The molecule has 4 nitrogen and oxygen atoms in total. The highest BCUT2D eigenvalue weighted by Gasteiger charge is 2.50. The molecule has 1 saturated heterocycles. The highest BCUT2D eigenvalue weighted by molar-refractivity contribution is 8.01. The van der Waals surface area contributed by atoms with E-state index in [4.69, 9.17) is 4.74 Å². The Morgan fingerprint density at radius 3 is 2.46 bits per heavy atom. The van der Waals surface area contributed by atoms with Gasteiger partial charge >= 0.3 is 5.97 Å². The summed E-state index contributed by atoms with van der Waals surface area (Å²) in [7, 11) is 1.37. The number of amides is 1. The number of aryl methyl sites for hydroxylation is 1. The van der Waals surface area contributed by atoms with E-state index in [0.29, 0.717) is 5.75 Å². The molecule has 2 aromatic carbocycles. The Hall–Kier alpha value is -2.27. The lowest BCUT2D eigenvalue weighted by Crippen LogP contribution is -2.44. The lowest BCUT2D eigenvalue weighted by atomic mass is 10.00. The third-order valence-electron chi connectivity index (χ3n) is 4.17. The van der Waals surface area contributed by atoms with Crippen LogP contribution in [0.1, 0.15) is 17.5 Å². The molecule has 0 aromatic heterocycles. The molecule has 3 rings (SSSR count). The molecule has 24 heavy (non-hydrogen) atoms. The SMILES string of the molecule is COC(=O)C[C@@]1(c2ccccc2)SCC(=O)N1c1ccc(C)cc1. The Balaban J connectivity index is 2.13. The molecule has 1 aliphatic heterocycles. The van der Waals surface area contributed by atoms with Crippen LogP contribution in [-0.4, -0.2) is 24.7 Å². The summed E-state index contributed by atoms with van der Waals surface area (Å²) in [6.45, 7) is 2.00. The van der Waals surface area contributed by atoms with E-state index in [0.717, 1.165) is 16.8 Å². The largest absolute Gasteiger partial charge is 0.469 e. The van der Waals surface area contributed by atoms with Crippen molar-refractivity contribution in [2.45, 2.75) is 18.2 Å². The van der Waals surface area contributed by atoms with Crippen LogP contribution in [0.25, 0.3) is 0 Å². The van der Waals surface area contributed by atoms with E-state index < -0.39 is 4.87 Å². The number of esters is 1. The molecule has 1 aliphatic rings. The third-order valence-corrected chi connectivity index (χ3v) is 5.61. The standard InChI is InChI=1S/C19H19NO3S/c1-14-8-10-16(11-9-14)20-17(21)13-24-19(20,12-18(22)23-2)15-6-4-3-5-7-15/h3-11H,12-13H2,1-2H3/t19-/m0/s1. The first-order valence-corrected chi connectivity index (χ1v) is 8.71. The van der Waals surface area contributed by atoms with E-state index in [1.54, 1.807) is 4.90 Å². The predicted octanol–water partition coefficient (Wildman–Crippen LogP) is 3.49. The van der Waals surface area contributed by atoms with Crippen LogP contribution >= 0.6 is 11.8 Å². The minimum atomic E-state index is -0.777. The molecule has 0 saturated carbocycles. The van der Waals surface area contributed by atoms with Gasteiger partial charge in [-0.25, -0.2) is 0 Å². The van der Waals surface area contributed by atoms with E-state index in [1.807, 2.05) is 61.5 Å². The number of hydrogen-bond acceptors (Lipinski definition) is 4. The summed E-state index contributed by atoms with van der Waals surface area (Å²) in [4.78, 5) is 25.7. The van der Waals surface area contributed by atoms with Gasteiger partial charge in [0.25, 0.3) is 0 Å². The van der Waals surface area contributed by atoms with Gasteiger partial charge in [-0.1, -0.05) is 48.0 Å². The number of anilines is 1. The molecule has 0 bridgehead atoms. The second kappa shape index (κ2) is 6.69. The third kappa shape index (κ3) is 2.91. The molecule has 0 unspecified atom stereocenters. The Kier molecular flexibility index (Phi) is 4.62. The maximum Gasteiger partial charge on any atom is 0.309 e. The van der Waals surface area contributed by atoms with Crippen LogP contribution < -0.4 is 4.90 Å². The molecule has 0 aliphatic carbocycles. The predicted molar refractivity (Wildman–Crippen MR) is 95.9 cm³/mol. The van der Waals surface area contributed by atoms with Crippen LogP contribution in [0.5, 0.6) is 0 Å². The molecular weight excluding hydrogens is 322 g/mol. The van der Waals surface area contributed by atoms with Crippen LogP contribution in [0.3, 0.4) is 0 Å². The second-order valence-electron chi connectivity index (χ2n) is 5.76. The summed E-state index contributed by atoms with van der Waals surface area (Å²) >= 11 is 1.48. The fraction of sp³-hybridized carbons (Fsp3) is 0.263. The summed E-state index contributed by atoms with van der Waals surface area (Å²) in [6.07, 6.45) is 0.109. The van der Waals surface area contributed by atoms with Crippen molar-refractivity contribution in [3.8, 4) is 0 Å². The van der Waals surface area contributed by atoms with Gasteiger partial charge in [0.15, 0.2) is 0 Å². The highest BCUT2D eigenvalue weighted by Crippen LogP contribution is 2.50. The van der Waals surface area contributed by atoms with E-state index in [9.17, 15) is 9.59 Å². The highest BCUT2D eigenvalue weighted by atomic mass is 32.2. The topological polar surface area (TPSA) is 46.6 Å². The van der Waals surface area contributed by atoms with Crippen molar-refractivity contribution in [2.24, 2.45) is 0 Å². The molecular formula is C19H19NO3S. The lowest BCUT2D eigenvalue weighted by Gasteiger charge is -2.37. The number of carbonyl (C=O) groups is 2. The zero-order valence-corrected chi connectivity index (χ0v) is 14.5. The Labute approximate surface area is 145 Å². The Morgan fingerprint density at radius 1 is 1.17 bits per heavy atom. The van der Waals surface area contributed by atoms with Gasteiger partial charge in [-0.05, 0) is 24.6 Å². The van der Waals surface area contributed by atoms with Crippen LogP contribution in [0, 0.1) is 6.92 Å². The van der Waals surface area contributed by atoms with Crippen molar-refractivity contribution in [1.82, 2.24) is 0 Å². The van der Waals surface area contributed by atoms with Gasteiger partial charge in [0.2, 0.25) is 5.91 Å². The summed E-state index contributed by atoms with van der Waals surface area (Å²) in [5, 5.41) is 0. The average molecular weight is 341 g/mol. The minimum Gasteiger partial charge on any atom is -0.469 e. The molecule has 0 N–H and O–H groups in total. The molecule has 1 heterocycles. The van der Waals surface area contributed by atoms with Gasteiger partial charge in [0.05, 0.1) is 19.3 Å². The van der Waals surface area contributed by atoms with E-state index >= 15 is 0 Å². The van der Waals surface area contributed by atoms with Gasteiger partial charge in [-0.2, -0.15) is 0 Å². The molecule has 2 aromatic rings. The Bertz CT molecular complexity index is 745. The van der Waals surface area contributed by atoms with E-state index in [-0.39, 0.29) is 18.3 Å². The molecule has 1 amide bonds. The maximum atomic E-state index is 12.7. The second-order valence-corrected chi connectivity index (χ2v) is 7.01. The number of benzene rings is 2. The molecule has 0 radical (unpaired) electrons. The molecule has 1 fully saturated rings. The quantitative estimate of drug-likeness (QED) is 0.799. The van der Waals surface area contributed by atoms with Crippen LogP contribution in [0.2, 0.25) is 0 Å². The number of nitrogens with zero attached hydrogens (tertiary/aromatic N) is 1. The summed E-state index contributed by atoms with van der Waals surface area (Å²) < 4.78 is 4.91. The number of ether oxygens (including phenoxy) is 1. The van der Waals surface area contributed by atoms with Gasteiger partial charge in [-0.3, -0.25) is 14.5 Å². The number of hydrogen-bond donors (Lipinski definition) is 0. The van der Waals surface area contributed by atoms with Crippen molar-refractivity contribution in [3.63, 3.8) is 0 Å². The van der Waals surface area contributed by atoms with Gasteiger partial charge in [0.1, 0.15) is 4.87 Å². The summed E-state index contributed by atoms with van der Waals surface area (Å²) in [5.41, 5.74) is 2.84. The summed E-state index contributed by atoms with van der Waals surface area (Å²) in [6, 6.07) is 17.5. The Morgan fingerprint density at radius 2 is 1.83 bits per heavy atom.